The van der Waals surface area contributed by atoms with Gasteiger partial charge in [-0.2, -0.15) is 0 Å². The van der Waals surface area contributed by atoms with Crippen molar-refractivity contribution in [1.29, 1.82) is 0 Å². The minimum absolute atomic E-state index is 0.173. The largest absolute Gasteiger partial charge is 0.489 e. The third kappa shape index (κ3) is 6.82. The Morgan fingerprint density at radius 2 is 2.11 bits per heavy atom. The number of ether oxygens (including phenoxy) is 1. The first kappa shape index (κ1) is 15.3. The zero-order valence-corrected chi connectivity index (χ0v) is 12.4. The summed E-state index contributed by atoms with van der Waals surface area (Å²) in [6, 6.07) is 1.79. The SMILES string of the molecule is CC(CCCNC(C)(C)C)Oc1cncc(Cl)c1. The molecule has 102 valence electrons. The molecule has 0 aliphatic rings. The van der Waals surface area contributed by atoms with Crippen LogP contribution in [0.2, 0.25) is 5.02 Å². The van der Waals surface area contributed by atoms with Gasteiger partial charge in [0.1, 0.15) is 5.75 Å². The van der Waals surface area contributed by atoms with Crippen molar-refractivity contribution in [1.82, 2.24) is 10.3 Å². The van der Waals surface area contributed by atoms with Crippen molar-refractivity contribution in [3.05, 3.63) is 23.5 Å². The van der Waals surface area contributed by atoms with Crippen molar-refractivity contribution >= 4 is 11.6 Å². The molecule has 0 fully saturated rings. The lowest BCUT2D eigenvalue weighted by Gasteiger charge is -2.21. The molecular formula is C14H23ClN2O. The van der Waals surface area contributed by atoms with Gasteiger partial charge in [0.05, 0.1) is 17.3 Å². The molecule has 0 aliphatic heterocycles. The normalized spacial score (nSPS) is 13.4. The molecule has 1 atom stereocenters. The van der Waals surface area contributed by atoms with E-state index in [9.17, 15) is 0 Å². The van der Waals surface area contributed by atoms with E-state index in [4.69, 9.17) is 16.3 Å². The van der Waals surface area contributed by atoms with Crippen molar-refractivity contribution in [3.63, 3.8) is 0 Å². The number of halogens is 1. The number of nitrogens with one attached hydrogen (secondary N) is 1. The van der Waals surface area contributed by atoms with Gasteiger partial charge in [-0.1, -0.05) is 11.6 Å². The monoisotopic (exact) mass is 270 g/mol. The molecular weight excluding hydrogens is 248 g/mol. The number of rotatable bonds is 6. The Bertz CT molecular complexity index is 363. The van der Waals surface area contributed by atoms with Crippen molar-refractivity contribution < 1.29 is 4.74 Å². The second-order valence-electron chi connectivity index (χ2n) is 5.59. The lowest BCUT2D eigenvalue weighted by molar-refractivity contribution is 0.205. The smallest absolute Gasteiger partial charge is 0.139 e. The van der Waals surface area contributed by atoms with Crippen LogP contribution in [-0.4, -0.2) is 23.2 Å². The molecule has 0 saturated heterocycles. The predicted octanol–water partition coefficient (Wildman–Crippen LogP) is 3.67. The maximum Gasteiger partial charge on any atom is 0.139 e. The van der Waals surface area contributed by atoms with E-state index in [1.54, 1.807) is 18.5 Å². The van der Waals surface area contributed by atoms with Gasteiger partial charge in [0, 0.05) is 17.8 Å². The van der Waals surface area contributed by atoms with E-state index in [0.29, 0.717) is 5.02 Å². The first-order chi connectivity index (χ1) is 8.37. The van der Waals surface area contributed by atoms with Crippen molar-refractivity contribution in [2.45, 2.75) is 52.2 Å². The van der Waals surface area contributed by atoms with Gasteiger partial charge in [-0.3, -0.25) is 4.98 Å². The van der Waals surface area contributed by atoms with Gasteiger partial charge in [-0.25, -0.2) is 0 Å². The number of hydrogen-bond acceptors (Lipinski definition) is 3. The van der Waals surface area contributed by atoms with Crippen LogP contribution in [0.5, 0.6) is 5.75 Å². The zero-order valence-electron chi connectivity index (χ0n) is 11.7. The molecule has 3 nitrogen and oxygen atoms in total. The molecule has 18 heavy (non-hydrogen) atoms. The summed E-state index contributed by atoms with van der Waals surface area (Å²) in [4.78, 5) is 4.00. The number of nitrogens with zero attached hydrogens (tertiary/aromatic N) is 1. The highest BCUT2D eigenvalue weighted by molar-refractivity contribution is 6.30. The maximum absolute atomic E-state index is 5.85. The number of pyridine rings is 1. The molecule has 0 spiro atoms. The average molecular weight is 271 g/mol. The lowest BCUT2D eigenvalue weighted by atomic mass is 10.1. The maximum atomic E-state index is 5.85. The van der Waals surface area contributed by atoms with Gasteiger partial charge in [0.25, 0.3) is 0 Å². The first-order valence-electron chi connectivity index (χ1n) is 6.39. The minimum atomic E-state index is 0.173. The predicted molar refractivity (Wildman–Crippen MR) is 76.3 cm³/mol. The Morgan fingerprint density at radius 1 is 1.39 bits per heavy atom. The first-order valence-corrected chi connectivity index (χ1v) is 6.77. The molecule has 0 amide bonds. The van der Waals surface area contributed by atoms with E-state index >= 15 is 0 Å². The van der Waals surface area contributed by atoms with E-state index < -0.39 is 0 Å². The summed E-state index contributed by atoms with van der Waals surface area (Å²) in [6.07, 6.45) is 5.57. The van der Waals surface area contributed by atoms with Crippen molar-refractivity contribution in [2.24, 2.45) is 0 Å². The average Bonchev–Trinajstić information content (AvgIpc) is 2.23. The Morgan fingerprint density at radius 3 is 2.72 bits per heavy atom. The van der Waals surface area contributed by atoms with Crippen LogP contribution in [0.3, 0.4) is 0 Å². The molecule has 0 aromatic carbocycles. The van der Waals surface area contributed by atoms with E-state index in [1.807, 2.05) is 0 Å². The van der Waals surface area contributed by atoms with Crippen LogP contribution in [0.25, 0.3) is 0 Å². The van der Waals surface area contributed by atoms with Gasteiger partial charge in [0.15, 0.2) is 0 Å². The standard InChI is InChI=1S/C14H23ClN2O/c1-11(6-5-7-17-14(2,3)4)18-13-8-12(15)9-16-10-13/h8-11,17H,5-7H2,1-4H3. The van der Waals surface area contributed by atoms with E-state index in [2.05, 4.69) is 38.0 Å². The van der Waals surface area contributed by atoms with Crippen LogP contribution in [0.15, 0.2) is 18.5 Å². The zero-order chi connectivity index (χ0) is 13.6. The second kappa shape index (κ2) is 6.95. The summed E-state index contributed by atoms with van der Waals surface area (Å²) in [5.74, 6) is 0.735. The van der Waals surface area contributed by atoms with Gasteiger partial charge >= 0.3 is 0 Å². The lowest BCUT2D eigenvalue weighted by Crippen LogP contribution is -2.36. The molecule has 1 N–H and O–H groups in total. The van der Waals surface area contributed by atoms with Crippen LogP contribution in [0, 0.1) is 0 Å². The molecule has 0 radical (unpaired) electrons. The van der Waals surface area contributed by atoms with Crippen LogP contribution >= 0.6 is 11.6 Å². The summed E-state index contributed by atoms with van der Waals surface area (Å²) in [5.41, 5.74) is 0.182. The van der Waals surface area contributed by atoms with E-state index in [0.717, 1.165) is 25.1 Å². The summed E-state index contributed by atoms with van der Waals surface area (Å²) in [5, 5.41) is 4.07. The molecule has 0 aliphatic carbocycles. The summed E-state index contributed by atoms with van der Waals surface area (Å²) < 4.78 is 5.75. The fourth-order valence-corrected chi connectivity index (χ4v) is 1.76. The molecule has 0 saturated carbocycles. The summed E-state index contributed by atoms with van der Waals surface area (Å²) >= 11 is 5.85. The minimum Gasteiger partial charge on any atom is -0.489 e. The Kier molecular flexibility index (Phi) is 5.89. The van der Waals surface area contributed by atoms with Gasteiger partial charge < -0.3 is 10.1 Å². The quantitative estimate of drug-likeness (QED) is 0.801. The van der Waals surface area contributed by atoms with Gasteiger partial charge in [-0.15, -0.1) is 0 Å². The van der Waals surface area contributed by atoms with Crippen LogP contribution in [-0.2, 0) is 0 Å². The molecule has 1 unspecified atom stereocenters. The molecule has 1 rings (SSSR count). The van der Waals surface area contributed by atoms with Crippen molar-refractivity contribution in [2.75, 3.05) is 6.54 Å². The van der Waals surface area contributed by atoms with Crippen LogP contribution in [0.4, 0.5) is 0 Å². The molecule has 0 bridgehead atoms. The van der Waals surface area contributed by atoms with Crippen LogP contribution in [0.1, 0.15) is 40.5 Å². The fraction of sp³-hybridized carbons (Fsp3) is 0.643. The molecule has 1 aromatic rings. The van der Waals surface area contributed by atoms with Crippen molar-refractivity contribution in [3.8, 4) is 5.75 Å². The second-order valence-corrected chi connectivity index (χ2v) is 6.02. The summed E-state index contributed by atoms with van der Waals surface area (Å²) in [7, 11) is 0. The number of hydrogen-bond donors (Lipinski definition) is 1. The molecule has 1 aromatic heterocycles. The van der Waals surface area contributed by atoms with Crippen LogP contribution < -0.4 is 10.1 Å². The van der Waals surface area contributed by atoms with Gasteiger partial charge in [-0.05, 0) is 47.1 Å². The molecule has 1 heterocycles. The summed E-state index contributed by atoms with van der Waals surface area (Å²) in [6.45, 7) is 9.59. The molecule has 4 heteroatoms. The Hall–Kier alpha value is -0.800. The third-order valence-electron chi connectivity index (χ3n) is 2.46. The fourth-order valence-electron chi connectivity index (χ4n) is 1.60. The number of aromatic nitrogens is 1. The Balaban J connectivity index is 2.24. The highest BCUT2D eigenvalue weighted by atomic mass is 35.5. The van der Waals surface area contributed by atoms with Gasteiger partial charge in [0.2, 0.25) is 0 Å². The van der Waals surface area contributed by atoms with E-state index in [-0.39, 0.29) is 11.6 Å². The Labute approximate surface area is 115 Å². The van der Waals surface area contributed by atoms with E-state index in [1.165, 1.54) is 0 Å². The topological polar surface area (TPSA) is 34.1 Å². The highest BCUT2D eigenvalue weighted by Gasteiger charge is 2.09. The highest BCUT2D eigenvalue weighted by Crippen LogP contribution is 2.17. The third-order valence-corrected chi connectivity index (χ3v) is 2.67.